The van der Waals surface area contributed by atoms with Crippen molar-refractivity contribution in [1.82, 2.24) is 0 Å². The Kier molecular flexibility index (Phi) is 25.0. The lowest BCUT2D eigenvalue weighted by molar-refractivity contribution is -0.128. The summed E-state index contributed by atoms with van der Waals surface area (Å²) in [5.41, 5.74) is 0. The fraction of sp³-hybridized carbons (Fsp3) is 0.848. The molecule has 0 aromatic heterocycles. The fourth-order valence-corrected chi connectivity index (χ4v) is 2.95. The van der Waals surface area contributed by atoms with Crippen LogP contribution in [-0.2, 0) is 24.0 Å². The van der Waals surface area contributed by atoms with E-state index in [1.807, 2.05) is 83.1 Å². The molecule has 0 atom stereocenters. The van der Waals surface area contributed by atoms with Crippen molar-refractivity contribution < 1.29 is 24.0 Å². The predicted octanol–water partition coefficient (Wildman–Crippen LogP) is 8.50. The van der Waals surface area contributed by atoms with E-state index >= 15 is 0 Å². The van der Waals surface area contributed by atoms with E-state index in [-0.39, 0.29) is 35.4 Å². The molecule has 2 aliphatic rings. The monoisotopic (exact) mass is 538 g/mol. The predicted molar refractivity (Wildman–Crippen MR) is 160 cm³/mol. The molecule has 2 rings (SSSR count). The molecule has 2 fully saturated rings. The standard InChI is InChI=1S/C8H14O.C7H12O.C7H14O.C6H12O.C5H10O/c1-6(2)8(9)7-4-3-5-7;1-5(2)7(8)6-3-4-6;1-4-5-7(8)6(2)3;1-4-6(7)5(2)3;1-4(2)5(3)6/h6-7H,3-5H2,1-2H3;5-6H,3-4H2,1-2H3;6H,4-5H2,1-3H3;5H,4H2,1-3H3;4H,1-3H3. The average Bonchev–Trinajstić information content (AvgIpc) is 3.63. The number of ketones is 5. The third kappa shape index (κ3) is 23.5. The number of carbonyl (C=O) groups excluding carboxylic acids is 5. The molecular weight excluding hydrogens is 476 g/mol. The van der Waals surface area contributed by atoms with Gasteiger partial charge in [-0.15, -0.1) is 0 Å². The smallest absolute Gasteiger partial charge is 0.138 e. The zero-order chi connectivity index (χ0) is 30.6. The molecule has 38 heavy (non-hydrogen) atoms. The normalized spacial score (nSPS) is 14.2. The van der Waals surface area contributed by atoms with E-state index < -0.39 is 0 Å². The highest BCUT2D eigenvalue weighted by atomic mass is 16.1. The molecule has 0 N–H and O–H groups in total. The molecule has 224 valence electrons. The second-order valence-corrected chi connectivity index (χ2v) is 12.1. The van der Waals surface area contributed by atoms with Gasteiger partial charge in [0.05, 0.1) is 0 Å². The summed E-state index contributed by atoms with van der Waals surface area (Å²) < 4.78 is 0. The van der Waals surface area contributed by atoms with E-state index in [1.165, 1.54) is 6.42 Å². The van der Waals surface area contributed by atoms with Gasteiger partial charge in [-0.1, -0.05) is 89.5 Å². The lowest BCUT2D eigenvalue weighted by Gasteiger charge is -2.25. The van der Waals surface area contributed by atoms with Crippen LogP contribution < -0.4 is 0 Å². The van der Waals surface area contributed by atoms with E-state index in [4.69, 9.17) is 0 Å². The van der Waals surface area contributed by atoms with Crippen molar-refractivity contribution in [3.05, 3.63) is 0 Å². The first-order valence-electron chi connectivity index (χ1n) is 15.1. The van der Waals surface area contributed by atoms with Gasteiger partial charge in [0.15, 0.2) is 0 Å². The molecule has 0 aromatic carbocycles. The Bertz CT molecular complexity index is 673. The summed E-state index contributed by atoms with van der Waals surface area (Å²) in [5, 5.41) is 0. The van der Waals surface area contributed by atoms with Gasteiger partial charge in [-0.2, -0.15) is 0 Å². The summed E-state index contributed by atoms with van der Waals surface area (Å²) in [5.74, 6) is 4.01. The molecular formula is C33H62O5. The van der Waals surface area contributed by atoms with Crippen LogP contribution in [0.5, 0.6) is 0 Å². The highest BCUT2D eigenvalue weighted by molar-refractivity contribution is 5.84. The zero-order valence-electron chi connectivity index (χ0n) is 27.2. The molecule has 0 radical (unpaired) electrons. The molecule has 5 heteroatoms. The Morgan fingerprint density at radius 3 is 0.974 bits per heavy atom. The average molecular weight is 539 g/mol. The van der Waals surface area contributed by atoms with Crippen molar-refractivity contribution in [2.75, 3.05) is 0 Å². The van der Waals surface area contributed by atoms with Gasteiger partial charge in [-0.05, 0) is 39.0 Å². The van der Waals surface area contributed by atoms with E-state index in [9.17, 15) is 24.0 Å². The molecule has 0 heterocycles. The maximum absolute atomic E-state index is 11.1. The Morgan fingerprint density at radius 1 is 0.553 bits per heavy atom. The third-order valence-corrected chi connectivity index (χ3v) is 6.57. The molecule has 2 aliphatic carbocycles. The van der Waals surface area contributed by atoms with E-state index in [1.54, 1.807) is 6.92 Å². The minimum Gasteiger partial charge on any atom is -0.300 e. The Labute approximate surface area is 235 Å². The summed E-state index contributed by atoms with van der Waals surface area (Å²) in [6.07, 6.45) is 8.28. The summed E-state index contributed by atoms with van der Waals surface area (Å²) in [6, 6.07) is 0. The topological polar surface area (TPSA) is 85.3 Å². The van der Waals surface area contributed by atoms with Crippen molar-refractivity contribution in [2.24, 2.45) is 41.4 Å². The quantitative estimate of drug-likeness (QED) is 0.278. The minimum atomic E-state index is 0.213. The van der Waals surface area contributed by atoms with Gasteiger partial charge >= 0.3 is 0 Å². The molecule has 0 aromatic rings. The van der Waals surface area contributed by atoms with Crippen molar-refractivity contribution in [3.63, 3.8) is 0 Å². The molecule has 2 saturated carbocycles. The van der Waals surface area contributed by atoms with Gasteiger partial charge in [0.1, 0.15) is 28.9 Å². The molecule has 0 spiro atoms. The minimum absolute atomic E-state index is 0.213. The molecule has 5 nitrogen and oxygen atoms in total. The van der Waals surface area contributed by atoms with Crippen LogP contribution in [0.15, 0.2) is 0 Å². The third-order valence-electron chi connectivity index (χ3n) is 6.57. The molecule has 0 bridgehead atoms. The Balaban J connectivity index is -0.000000406. The van der Waals surface area contributed by atoms with E-state index in [0.717, 1.165) is 38.5 Å². The highest BCUT2D eigenvalue weighted by Crippen LogP contribution is 2.32. The van der Waals surface area contributed by atoms with Crippen LogP contribution >= 0.6 is 0 Å². The van der Waals surface area contributed by atoms with E-state index in [0.29, 0.717) is 41.4 Å². The maximum Gasteiger partial charge on any atom is 0.138 e. The van der Waals surface area contributed by atoms with Gasteiger partial charge in [-0.3, -0.25) is 24.0 Å². The van der Waals surface area contributed by atoms with Crippen LogP contribution in [0.2, 0.25) is 0 Å². The summed E-state index contributed by atoms with van der Waals surface area (Å²) >= 11 is 0. The van der Waals surface area contributed by atoms with Crippen molar-refractivity contribution in [1.29, 1.82) is 0 Å². The lowest BCUT2D eigenvalue weighted by atomic mass is 9.79. The number of Topliss-reactive ketones (excluding diaryl/α,β-unsaturated/α-hetero) is 5. The van der Waals surface area contributed by atoms with Crippen LogP contribution in [-0.4, -0.2) is 28.9 Å². The van der Waals surface area contributed by atoms with Crippen LogP contribution in [0.3, 0.4) is 0 Å². The Morgan fingerprint density at radius 2 is 0.895 bits per heavy atom. The number of rotatable bonds is 10. The largest absolute Gasteiger partial charge is 0.300 e. The summed E-state index contributed by atoms with van der Waals surface area (Å²) in [7, 11) is 0. The number of hydrogen-bond acceptors (Lipinski definition) is 5. The van der Waals surface area contributed by atoms with Crippen LogP contribution in [0.25, 0.3) is 0 Å². The lowest BCUT2D eigenvalue weighted by Crippen LogP contribution is -2.25. The Hall–Kier alpha value is -1.65. The van der Waals surface area contributed by atoms with Crippen LogP contribution in [0.4, 0.5) is 0 Å². The first kappa shape index (κ1) is 40.8. The SMILES string of the molecule is CC(=O)C(C)C.CC(C)C(=O)C1CC1.CC(C)C(=O)C1CCC1.CCC(=O)C(C)C.CCCC(=O)C(C)C. The van der Waals surface area contributed by atoms with Crippen LogP contribution in [0.1, 0.15) is 141 Å². The highest BCUT2D eigenvalue weighted by Gasteiger charge is 2.30. The van der Waals surface area contributed by atoms with Crippen molar-refractivity contribution >= 4 is 28.9 Å². The van der Waals surface area contributed by atoms with Crippen LogP contribution in [0, 0.1) is 41.4 Å². The zero-order valence-corrected chi connectivity index (χ0v) is 27.2. The number of carbonyl (C=O) groups is 5. The van der Waals surface area contributed by atoms with Crippen molar-refractivity contribution in [2.45, 2.75) is 141 Å². The summed E-state index contributed by atoms with van der Waals surface area (Å²) in [6.45, 7) is 25.0. The van der Waals surface area contributed by atoms with Gasteiger partial charge < -0.3 is 0 Å². The molecule has 0 unspecified atom stereocenters. The fourth-order valence-electron chi connectivity index (χ4n) is 2.95. The maximum atomic E-state index is 11.1. The molecule has 0 aliphatic heterocycles. The summed E-state index contributed by atoms with van der Waals surface area (Å²) in [4.78, 5) is 53.4. The van der Waals surface area contributed by atoms with Gasteiger partial charge in [0, 0.05) is 54.3 Å². The molecule has 0 amide bonds. The van der Waals surface area contributed by atoms with Gasteiger partial charge in [0.2, 0.25) is 0 Å². The van der Waals surface area contributed by atoms with Gasteiger partial charge in [-0.25, -0.2) is 0 Å². The van der Waals surface area contributed by atoms with Gasteiger partial charge in [0.25, 0.3) is 0 Å². The first-order chi connectivity index (χ1) is 17.4. The molecule has 0 saturated heterocycles. The second kappa shape index (κ2) is 23.3. The number of hydrogen-bond donors (Lipinski definition) is 0. The first-order valence-corrected chi connectivity index (χ1v) is 15.1. The van der Waals surface area contributed by atoms with Crippen molar-refractivity contribution in [3.8, 4) is 0 Å². The second-order valence-electron chi connectivity index (χ2n) is 12.1. The van der Waals surface area contributed by atoms with E-state index in [2.05, 4.69) is 0 Å².